The summed E-state index contributed by atoms with van der Waals surface area (Å²) in [6.45, 7) is 0.890. The van der Waals surface area contributed by atoms with Crippen LogP contribution in [0.1, 0.15) is 10.4 Å². The first-order valence-corrected chi connectivity index (χ1v) is 10.6. The van der Waals surface area contributed by atoms with Crippen molar-refractivity contribution >= 4 is 39.5 Å². The standard InChI is InChI=1S/C17H16ClFN2O3S.C2H2O4/c18-16-4-2-1-3-15(16)17(22)20-9-11-21(12-10-20)25(23,24)14-7-5-13(19)6-8-14;3-1(4)2(5)6/h1-8H,9-12H2;(H,3,4)(H,5,6). The molecule has 0 unspecified atom stereocenters. The van der Waals surface area contributed by atoms with Crippen LogP contribution in [0.4, 0.5) is 4.39 Å². The number of benzene rings is 2. The van der Waals surface area contributed by atoms with Crippen molar-refractivity contribution < 1.29 is 37.4 Å². The lowest BCUT2D eigenvalue weighted by Gasteiger charge is -2.34. The van der Waals surface area contributed by atoms with E-state index in [4.69, 9.17) is 31.4 Å². The highest BCUT2D eigenvalue weighted by Crippen LogP contribution is 2.21. The van der Waals surface area contributed by atoms with Crippen LogP contribution in [0.25, 0.3) is 0 Å². The highest BCUT2D eigenvalue weighted by Gasteiger charge is 2.30. The average Bonchev–Trinajstić information content (AvgIpc) is 2.74. The van der Waals surface area contributed by atoms with Crippen LogP contribution in [0.5, 0.6) is 0 Å². The van der Waals surface area contributed by atoms with E-state index in [9.17, 15) is 17.6 Å². The second-order valence-corrected chi connectivity index (χ2v) is 8.59. The minimum atomic E-state index is -3.70. The molecule has 0 saturated carbocycles. The first-order chi connectivity index (χ1) is 14.5. The van der Waals surface area contributed by atoms with Crippen LogP contribution in [-0.4, -0.2) is 71.9 Å². The predicted octanol–water partition coefficient (Wildman–Crippen LogP) is 1.78. The summed E-state index contributed by atoms with van der Waals surface area (Å²) in [5.41, 5.74) is 0.402. The molecule has 2 aromatic rings. The molecule has 2 aromatic carbocycles. The molecule has 1 heterocycles. The molecule has 2 N–H and O–H groups in total. The topological polar surface area (TPSA) is 132 Å². The number of sulfonamides is 1. The number of amides is 1. The molecule has 0 aliphatic carbocycles. The molecule has 3 rings (SSSR count). The maximum Gasteiger partial charge on any atom is 0.414 e. The molecule has 9 nitrogen and oxygen atoms in total. The van der Waals surface area contributed by atoms with E-state index in [0.717, 1.165) is 12.1 Å². The Hall–Kier alpha value is -3.02. The largest absolute Gasteiger partial charge is 0.473 e. The lowest BCUT2D eigenvalue weighted by Crippen LogP contribution is -2.50. The Labute approximate surface area is 182 Å². The van der Waals surface area contributed by atoms with Gasteiger partial charge in [0.05, 0.1) is 15.5 Å². The smallest absolute Gasteiger partial charge is 0.414 e. The third-order valence-electron chi connectivity index (χ3n) is 4.26. The van der Waals surface area contributed by atoms with Gasteiger partial charge in [0.25, 0.3) is 5.91 Å². The van der Waals surface area contributed by atoms with E-state index >= 15 is 0 Å². The number of aliphatic carboxylic acids is 2. The minimum Gasteiger partial charge on any atom is -0.473 e. The third kappa shape index (κ3) is 6.23. The molecule has 0 spiro atoms. The van der Waals surface area contributed by atoms with Crippen molar-refractivity contribution in [3.8, 4) is 0 Å². The predicted molar refractivity (Wildman–Crippen MR) is 108 cm³/mol. The second kappa shape index (κ2) is 10.3. The van der Waals surface area contributed by atoms with E-state index in [2.05, 4.69) is 0 Å². The monoisotopic (exact) mass is 472 g/mol. The van der Waals surface area contributed by atoms with E-state index in [0.29, 0.717) is 10.6 Å². The lowest BCUT2D eigenvalue weighted by atomic mass is 10.2. The lowest BCUT2D eigenvalue weighted by molar-refractivity contribution is -0.159. The van der Waals surface area contributed by atoms with Gasteiger partial charge in [-0.3, -0.25) is 4.79 Å². The summed E-state index contributed by atoms with van der Waals surface area (Å²) in [6.07, 6.45) is 0. The van der Waals surface area contributed by atoms with Gasteiger partial charge in [-0.05, 0) is 36.4 Å². The zero-order valence-corrected chi connectivity index (χ0v) is 17.5. The molecule has 0 radical (unpaired) electrons. The van der Waals surface area contributed by atoms with Crippen molar-refractivity contribution in [2.45, 2.75) is 4.90 Å². The fourth-order valence-corrected chi connectivity index (χ4v) is 4.33. The van der Waals surface area contributed by atoms with Gasteiger partial charge in [0.1, 0.15) is 5.82 Å². The summed E-state index contributed by atoms with van der Waals surface area (Å²) in [5.74, 6) is -4.36. The molecule has 31 heavy (non-hydrogen) atoms. The molecule has 1 amide bonds. The molecule has 1 aliphatic heterocycles. The van der Waals surface area contributed by atoms with Crippen LogP contribution in [0.15, 0.2) is 53.4 Å². The molecule has 1 saturated heterocycles. The van der Waals surface area contributed by atoms with Crippen LogP contribution in [0.2, 0.25) is 5.02 Å². The molecule has 1 fully saturated rings. The van der Waals surface area contributed by atoms with Gasteiger partial charge in [-0.15, -0.1) is 0 Å². The molecule has 1 aliphatic rings. The van der Waals surface area contributed by atoms with E-state index in [1.807, 2.05) is 0 Å². The van der Waals surface area contributed by atoms with Crippen LogP contribution < -0.4 is 0 Å². The third-order valence-corrected chi connectivity index (χ3v) is 6.51. The highest BCUT2D eigenvalue weighted by molar-refractivity contribution is 7.89. The van der Waals surface area contributed by atoms with Crippen molar-refractivity contribution in [3.05, 3.63) is 64.9 Å². The van der Waals surface area contributed by atoms with Gasteiger partial charge < -0.3 is 15.1 Å². The summed E-state index contributed by atoms with van der Waals surface area (Å²) in [6, 6.07) is 11.5. The number of piperazine rings is 1. The van der Waals surface area contributed by atoms with E-state index in [1.165, 1.54) is 16.4 Å². The fourth-order valence-electron chi connectivity index (χ4n) is 2.69. The van der Waals surface area contributed by atoms with Gasteiger partial charge in [-0.25, -0.2) is 22.4 Å². The summed E-state index contributed by atoms with van der Waals surface area (Å²) < 4.78 is 39.4. The zero-order valence-electron chi connectivity index (χ0n) is 15.9. The quantitative estimate of drug-likeness (QED) is 0.650. The summed E-state index contributed by atoms with van der Waals surface area (Å²) in [4.78, 5) is 32.3. The Bertz CT molecular complexity index is 1060. The molecule has 0 atom stereocenters. The summed E-state index contributed by atoms with van der Waals surface area (Å²) in [5, 5.41) is 15.2. The number of carbonyl (C=O) groups excluding carboxylic acids is 1. The van der Waals surface area contributed by atoms with Crippen molar-refractivity contribution in [2.24, 2.45) is 0 Å². The molecular formula is C19H18ClFN2O7S. The number of halogens is 2. The molecule has 166 valence electrons. The number of carboxylic acids is 2. The number of rotatable bonds is 3. The number of hydrogen-bond acceptors (Lipinski definition) is 5. The minimum absolute atomic E-state index is 0.0415. The van der Waals surface area contributed by atoms with Gasteiger partial charge in [0.15, 0.2) is 0 Å². The van der Waals surface area contributed by atoms with Crippen LogP contribution >= 0.6 is 11.6 Å². The Morgan fingerprint density at radius 1 is 0.871 bits per heavy atom. The van der Waals surface area contributed by atoms with Gasteiger partial charge in [-0.2, -0.15) is 4.31 Å². The zero-order chi connectivity index (χ0) is 23.2. The van der Waals surface area contributed by atoms with Crippen molar-refractivity contribution in [1.29, 1.82) is 0 Å². The number of hydrogen-bond donors (Lipinski definition) is 2. The first kappa shape index (κ1) is 24.3. The Morgan fingerprint density at radius 3 is 1.87 bits per heavy atom. The van der Waals surface area contributed by atoms with E-state index in [1.54, 1.807) is 29.2 Å². The Kier molecular flexibility index (Phi) is 8.08. The van der Waals surface area contributed by atoms with Crippen molar-refractivity contribution in [3.63, 3.8) is 0 Å². The van der Waals surface area contributed by atoms with Gasteiger partial charge >= 0.3 is 11.9 Å². The molecule has 0 bridgehead atoms. The molecular weight excluding hydrogens is 455 g/mol. The van der Waals surface area contributed by atoms with Crippen molar-refractivity contribution in [2.75, 3.05) is 26.2 Å². The second-order valence-electron chi connectivity index (χ2n) is 6.24. The number of carboxylic acid groups (broad SMARTS) is 2. The number of nitrogens with zero attached hydrogens (tertiary/aromatic N) is 2. The normalized spacial score (nSPS) is 14.3. The molecule has 12 heteroatoms. The SMILES string of the molecule is O=C(O)C(=O)O.O=C(c1ccccc1Cl)N1CCN(S(=O)(=O)c2ccc(F)cc2)CC1. The van der Waals surface area contributed by atoms with E-state index in [-0.39, 0.29) is 37.0 Å². The van der Waals surface area contributed by atoms with Crippen LogP contribution in [0.3, 0.4) is 0 Å². The Balaban J connectivity index is 0.000000501. The van der Waals surface area contributed by atoms with Gasteiger partial charge in [-0.1, -0.05) is 23.7 Å². The summed E-state index contributed by atoms with van der Waals surface area (Å²) in [7, 11) is -3.70. The van der Waals surface area contributed by atoms with Crippen molar-refractivity contribution in [1.82, 2.24) is 9.21 Å². The van der Waals surface area contributed by atoms with E-state index < -0.39 is 27.8 Å². The van der Waals surface area contributed by atoms with Gasteiger partial charge in [0.2, 0.25) is 10.0 Å². The molecule has 0 aromatic heterocycles. The highest BCUT2D eigenvalue weighted by atomic mass is 35.5. The summed E-state index contributed by atoms with van der Waals surface area (Å²) >= 11 is 6.05. The maximum absolute atomic E-state index is 13.0. The average molecular weight is 473 g/mol. The van der Waals surface area contributed by atoms with Crippen LogP contribution in [0, 0.1) is 5.82 Å². The first-order valence-electron chi connectivity index (χ1n) is 8.79. The fraction of sp³-hybridized carbons (Fsp3) is 0.211. The van der Waals surface area contributed by atoms with Crippen LogP contribution in [-0.2, 0) is 19.6 Å². The van der Waals surface area contributed by atoms with Gasteiger partial charge in [0, 0.05) is 26.2 Å². The maximum atomic E-state index is 13.0. The Morgan fingerprint density at radius 2 is 1.39 bits per heavy atom. The number of carbonyl (C=O) groups is 3.